The second kappa shape index (κ2) is 10.9. The van der Waals surface area contributed by atoms with Crippen molar-refractivity contribution in [2.24, 2.45) is 16.1 Å². The largest absolute Gasteiger partial charge is 0.280 e. The molecule has 0 saturated carbocycles. The van der Waals surface area contributed by atoms with Crippen molar-refractivity contribution in [3.05, 3.63) is 152 Å². The van der Waals surface area contributed by atoms with Gasteiger partial charge in [-0.05, 0) is 54.1 Å². The van der Waals surface area contributed by atoms with Crippen molar-refractivity contribution in [1.29, 1.82) is 0 Å². The lowest BCUT2D eigenvalue weighted by atomic mass is 9.91. The van der Waals surface area contributed by atoms with Crippen LogP contribution in [0.5, 0.6) is 0 Å². The molecule has 0 radical (unpaired) electrons. The fraction of sp³-hybridized carbons (Fsp3) is 0.0323. The van der Waals surface area contributed by atoms with Crippen LogP contribution < -0.4 is 10.0 Å². The van der Waals surface area contributed by atoms with Gasteiger partial charge in [0, 0.05) is 29.8 Å². The van der Waals surface area contributed by atoms with Crippen LogP contribution in [0.2, 0.25) is 0 Å². The number of carbonyl (C=O) groups excluding carboxylic acids is 2. The number of hydrazone groups is 2. The third kappa shape index (κ3) is 5.04. The van der Waals surface area contributed by atoms with Gasteiger partial charge in [0.25, 0.3) is 23.2 Å². The maximum absolute atomic E-state index is 13.9. The summed E-state index contributed by atoms with van der Waals surface area (Å²) in [6, 6.07) is 28.7. The first-order chi connectivity index (χ1) is 20.8. The van der Waals surface area contributed by atoms with Gasteiger partial charge in [0.15, 0.2) is 0 Å². The van der Waals surface area contributed by atoms with Crippen LogP contribution in [-0.4, -0.2) is 33.1 Å². The first kappa shape index (κ1) is 26.9. The second-order valence-corrected chi connectivity index (χ2v) is 9.54. The maximum Gasteiger partial charge on any atom is 0.280 e. The molecule has 0 aliphatic carbocycles. The van der Waals surface area contributed by atoms with E-state index in [4.69, 9.17) is 0 Å². The van der Waals surface area contributed by atoms with E-state index in [1.807, 2.05) is 0 Å². The lowest BCUT2D eigenvalue weighted by Crippen LogP contribution is -2.28. The lowest BCUT2D eigenvalue weighted by molar-refractivity contribution is -0.385. The molecule has 0 bridgehead atoms. The number of amides is 2. The van der Waals surface area contributed by atoms with E-state index in [-0.39, 0.29) is 28.4 Å². The molecule has 2 aliphatic heterocycles. The minimum Gasteiger partial charge on any atom is -0.271 e. The minimum absolute atomic E-state index is 0.0978. The van der Waals surface area contributed by atoms with Gasteiger partial charge in [-0.3, -0.25) is 29.8 Å². The summed E-state index contributed by atoms with van der Waals surface area (Å²) < 4.78 is 0. The average molecular weight is 573 g/mol. The number of para-hydroxylation sites is 2. The van der Waals surface area contributed by atoms with Crippen LogP contribution in [-0.2, 0) is 9.59 Å². The van der Waals surface area contributed by atoms with Crippen molar-refractivity contribution in [3.8, 4) is 0 Å². The van der Waals surface area contributed by atoms with E-state index in [0.29, 0.717) is 22.5 Å². The van der Waals surface area contributed by atoms with Crippen LogP contribution in [0.3, 0.4) is 0 Å². The molecule has 0 unspecified atom stereocenters. The van der Waals surface area contributed by atoms with Crippen LogP contribution in [0, 0.1) is 26.1 Å². The molecule has 210 valence electrons. The van der Waals surface area contributed by atoms with Gasteiger partial charge < -0.3 is 0 Å². The van der Waals surface area contributed by atoms with Crippen molar-refractivity contribution in [1.82, 2.24) is 0 Å². The van der Waals surface area contributed by atoms with E-state index in [0.717, 1.165) is 0 Å². The lowest BCUT2D eigenvalue weighted by Gasteiger charge is -2.14. The Morgan fingerprint density at radius 1 is 0.628 bits per heavy atom. The first-order valence-corrected chi connectivity index (χ1v) is 13.0. The minimum atomic E-state index is -1.06. The number of carbonyl (C=O) groups is 2. The average Bonchev–Trinajstić information content (AvgIpc) is 3.54. The van der Waals surface area contributed by atoms with E-state index >= 15 is 0 Å². The molecule has 2 aliphatic rings. The highest BCUT2D eigenvalue weighted by molar-refractivity contribution is 6.36. The first-order valence-electron chi connectivity index (χ1n) is 13.0. The number of anilines is 2. The van der Waals surface area contributed by atoms with E-state index in [2.05, 4.69) is 10.2 Å². The highest BCUT2D eigenvalue weighted by atomic mass is 16.6. The van der Waals surface area contributed by atoms with Crippen LogP contribution in [0.1, 0.15) is 11.1 Å². The summed E-state index contributed by atoms with van der Waals surface area (Å²) in [6.07, 6.45) is 1.48. The topological polar surface area (TPSA) is 152 Å². The van der Waals surface area contributed by atoms with Crippen molar-refractivity contribution >= 4 is 46.0 Å². The predicted octanol–water partition coefficient (Wildman–Crippen LogP) is 5.25. The molecule has 0 saturated heterocycles. The summed E-state index contributed by atoms with van der Waals surface area (Å²) >= 11 is 0. The molecular weight excluding hydrogens is 552 g/mol. The van der Waals surface area contributed by atoms with E-state index in [9.17, 15) is 29.8 Å². The smallest absolute Gasteiger partial charge is 0.271 e. The van der Waals surface area contributed by atoms with E-state index in [1.165, 1.54) is 64.6 Å². The number of non-ortho nitro benzene ring substituents is 2. The van der Waals surface area contributed by atoms with Gasteiger partial charge in [0.1, 0.15) is 11.6 Å². The molecule has 0 fully saturated rings. The third-order valence-electron chi connectivity index (χ3n) is 6.92. The highest BCUT2D eigenvalue weighted by Gasteiger charge is 2.40. The zero-order valence-electron chi connectivity index (χ0n) is 22.2. The Morgan fingerprint density at radius 3 is 1.63 bits per heavy atom. The molecule has 12 heteroatoms. The number of rotatable bonds is 7. The molecule has 0 N–H and O–H groups in total. The van der Waals surface area contributed by atoms with Crippen molar-refractivity contribution in [2.75, 3.05) is 10.0 Å². The molecule has 43 heavy (non-hydrogen) atoms. The van der Waals surface area contributed by atoms with Crippen LogP contribution >= 0.6 is 0 Å². The Morgan fingerprint density at radius 2 is 1.12 bits per heavy atom. The number of nitrogens with zero attached hydrogens (tertiary/aromatic N) is 6. The van der Waals surface area contributed by atoms with E-state index in [1.54, 1.807) is 60.7 Å². The summed E-state index contributed by atoms with van der Waals surface area (Å²) in [4.78, 5) is 49.2. The molecule has 0 aromatic heterocycles. The van der Waals surface area contributed by atoms with Crippen LogP contribution in [0.15, 0.2) is 131 Å². The fourth-order valence-corrected chi connectivity index (χ4v) is 4.79. The SMILES string of the molecule is O=C1/C(=C/[C@@H]2C(=O)N(c3ccccc3)N=C2c2ccc([N+](=O)[O-])cc2)C(c2ccc([N+](=O)[O-])cc2)=NN1c1ccccc1. The predicted molar refractivity (Wildman–Crippen MR) is 159 cm³/mol. The molecule has 0 spiro atoms. The summed E-state index contributed by atoms with van der Waals surface area (Å²) in [6.45, 7) is 0. The molecule has 12 nitrogen and oxygen atoms in total. The number of nitro benzene ring substituents is 2. The zero-order chi connectivity index (χ0) is 30.1. The van der Waals surface area contributed by atoms with Crippen molar-refractivity contribution in [3.63, 3.8) is 0 Å². The van der Waals surface area contributed by atoms with Gasteiger partial charge in [-0.15, -0.1) is 0 Å². The van der Waals surface area contributed by atoms with Gasteiger partial charge in [0.2, 0.25) is 0 Å². The molecule has 4 aromatic rings. The Kier molecular flexibility index (Phi) is 6.84. The standard InChI is InChI=1S/C31H20N6O6/c38-30-26(28(20-11-15-24(16-12-20)36(40)41)32-34(30)22-7-3-1-4-8-22)19-27-29(21-13-17-25(18-14-21)37(42)43)33-35(31(27)39)23-9-5-2-6-10-23/h1-19,26H/b27-19+/t26-/m0/s1. The summed E-state index contributed by atoms with van der Waals surface area (Å²) in [7, 11) is 0. The third-order valence-corrected chi connectivity index (χ3v) is 6.92. The second-order valence-electron chi connectivity index (χ2n) is 9.54. The van der Waals surface area contributed by atoms with Gasteiger partial charge in [-0.25, -0.2) is 0 Å². The van der Waals surface area contributed by atoms with Gasteiger partial charge >= 0.3 is 0 Å². The Balaban J connectivity index is 1.48. The van der Waals surface area contributed by atoms with Crippen molar-refractivity contribution in [2.45, 2.75) is 0 Å². The molecule has 6 rings (SSSR count). The molecule has 1 atom stereocenters. The zero-order valence-corrected chi connectivity index (χ0v) is 22.2. The molecule has 2 heterocycles. The molecular formula is C31H20N6O6. The molecule has 2 amide bonds. The normalized spacial score (nSPS) is 17.3. The Bertz CT molecular complexity index is 1850. The highest BCUT2D eigenvalue weighted by Crippen LogP contribution is 2.33. The Labute approximate surface area is 243 Å². The summed E-state index contributed by atoms with van der Waals surface area (Å²) in [5.74, 6) is -2.01. The number of benzene rings is 4. The van der Waals surface area contributed by atoms with Gasteiger partial charge in [-0.1, -0.05) is 42.5 Å². The van der Waals surface area contributed by atoms with Gasteiger partial charge in [-0.2, -0.15) is 20.2 Å². The number of hydrogen-bond acceptors (Lipinski definition) is 8. The van der Waals surface area contributed by atoms with Crippen molar-refractivity contribution < 1.29 is 19.4 Å². The number of hydrogen-bond donors (Lipinski definition) is 0. The Hall–Kier alpha value is -6.30. The summed E-state index contributed by atoms with van der Waals surface area (Å²) in [5.41, 5.74) is 2.23. The quantitative estimate of drug-likeness (QED) is 0.168. The van der Waals surface area contributed by atoms with Crippen LogP contribution in [0.4, 0.5) is 22.7 Å². The van der Waals surface area contributed by atoms with E-state index < -0.39 is 27.6 Å². The molecule has 4 aromatic carbocycles. The number of nitro groups is 2. The van der Waals surface area contributed by atoms with Gasteiger partial charge in [0.05, 0.1) is 32.5 Å². The maximum atomic E-state index is 13.9. The summed E-state index contributed by atoms with van der Waals surface area (Å²) in [5, 5.41) is 34.1. The fourth-order valence-electron chi connectivity index (χ4n) is 4.79. The van der Waals surface area contributed by atoms with Crippen LogP contribution in [0.25, 0.3) is 0 Å². The monoisotopic (exact) mass is 572 g/mol.